The molecule has 1 aliphatic carbocycles. The van der Waals surface area contributed by atoms with Crippen LogP contribution in [0.3, 0.4) is 0 Å². The Morgan fingerprint density at radius 1 is 1.48 bits per heavy atom. The lowest BCUT2D eigenvalue weighted by atomic mass is 9.51. The Kier molecular flexibility index (Phi) is 3.79. The van der Waals surface area contributed by atoms with Gasteiger partial charge in [-0.05, 0) is 12.3 Å². The molecule has 0 saturated heterocycles. The molecule has 1 heterocycles. The van der Waals surface area contributed by atoms with Gasteiger partial charge < -0.3 is 9.84 Å². The summed E-state index contributed by atoms with van der Waals surface area (Å²) in [6.45, 7) is 5.06. The van der Waals surface area contributed by atoms with Crippen LogP contribution in [0.25, 0.3) is 0 Å². The Labute approximate surface area is 121 Å². The topological polar surface area (TPSA) is 101 Å². The van der Waals surface area contributed by atoms with Gasteiger partial charge in [-0.25, -0.2) is 4.79 Å². The number of methoxy groups -OCH3 is 1. The van der Waals surface area contributed by atoms with Crippen molar-refractivity contribution in [2.75, 3.05) is 13.7 Å². The SMILES string of the molecule is COC(=O)C1C(CO)C(n2cc(C)c(=O)[nH]c2=O)C1(C)C. The third kappa shape index (κ3) is 2.21. The van der Waals surface area contributed by atoms with Gasteiger partial charge in [0.2, 0.25) is 0 Å². The average molecular weight is 296 g/mol. The van der Waals surface area contributed by atoms with E-state index < -0.39 is 34.5 Å². The van der Waals surface area contributed by atoms with Crippen LogP contribution in [0.5, 0.6) is 0 Å². The lowest BCUT2D eigenvalue weighted by molar-refractivity contribution is -0.178. The zero-order valence-corrected chi connectivity index (χ0v) is 12.5. The van der Waals surface area contributed by atoms with E-state index >= 15 is 0 Å². The van der Waals surface area contributed by atoms with Gasteiger partial charge in [0.1, 0.15) is 0 Å². The number of carbonyl (C=O) groups is 1. The van der Waals surface area contributed by atoms with E-state index in [2.05, 4.69) is 4.98 Å². The largest absolute Gasteiger partial charge is 0.469 e. The third-order valence-electron chi connectivity index (χ3n) is 4.51. The quantitative estimate of drug-likeness (QED) is 0.754. The summed E-state index contributed by atoms with van der Waals surface area (Å²) in [7, 11) is 1.30. The molecule has 1 saturated carbocycles. The van der Waals surface area contributed by atoms with Crippen molar-refractivity contribution in [2.24, 2.45) is 17.3 Å². The normalized spacial score (nSPS) is 27.0. The van der Waals surface area contributed by atoms with Crippen molar-refractivity contribution in [3.63, 3.8) is 0 Å². The smallest absolute Gasteiger partial charge is 0.328 e. The molecule has 1 aliphatic rings. The predicted molar refractivity (Wildman–Crippen MR) is 75.0 cm³/mol. The summed E-state index contributed by atoms with van der Waals surface area (Å²) in [6, 6.07) is -0.380. The van der Waals surface area contributed by atoms with Crippen LogP contribution in [-0.2, 0) is 9.53 Å². The molecule has 1 fully saturated rings. The zero-order valence-electron chi connectivity index (χ0n) is 12.5. The molecule has 21 heavy (non-hydrogen) atoms. The highest BCUT2D eigenvalue weighted by atomic mass is 16.5. The molecule has 1 aromatic rings. The molecule has 3 unspecified atom stereocenters. The molecule has 2 rings (SSSR count). The number of nitrogens with one attached hydrogen (secondary N) is 1. The summed E-state index contributed by atoms with van der Waals surface area (Å²) in [6.07, 6.45) is 1.48. The summed E-state index contributed by atoms with van der Waals surface area (Å²) in [4.78, 5) is 37.6. The molecule has 0 aromatic carbocycles. The highest BCUT2D eigenvalue weighted by Crippen LogP contribution is 2.58. The number of aromatic nitrogens is 2. The fourth-order valence-electron chi connectivity index (χ4n) is 3.52. The van der Waals surface area contributed by atoms with Crippen LogP contribution >= 0.6 is 0 Å². The minimum absolute atomic E-state index is 0.238. The fraction of sp³-hybridized carbons (Fsp3) is 0.643. The maximum absolute atomic E-state index is 12.0. The monoisotopic (exact) mass is 296 g/mol. The molecule has 3 atom stereocenters. The predicted octanol–water partition coefficient (Wildman–Crippen LogP) is -0.176. The maximum atomic E-state index is 12.0. The molecule has 7 nitrogen and oxygen atoms in total. The van der Waals surface area contributed by atoms with Crippen LogP contribution in [0.15, 0.2) is 15.8 Å². The number of rotatable bonds is 3. The summed E-state index contributed by atoms with van der Waals surface area (Å²) in [5.41, 5.74) is -1.12. The van der Waals surface area contributed by atoms with Crippen LogP contribution in [0.2, 0.25) is 0 Å². The van der Waals surface area contributed by atoms with Gasteiger partial charge in [-0.3, -0.25) is 19.1 Å². The van der Waals surface area contributed by atoms with Crippen molar-refractivity contribution in [2.45, 2.75) is 26.8 Å². The summed E-state index contributed by atoms with van der Waals surface area (Å²) in [5.74, 6) is -1.31. The summed E-state index contributed by atoms with van der Waals surface area (Å²) in [5, 5.41) is 9.58. The van der Waals surface area contributed by atoms with Crippen LogP contribution < -0.4 is 11.2 Å². The van der Waals surface area contributed by atoms with Crippen LogP contribution in [0, 0.1) is 24.2 Å². The Balaban J connectivity index is 2.50. The van der Waals surface area contributed by atoms with E-state index in [-0.39, 0.29) is 12.6 Å². The third-order valence-corrected chi connectivity index (χ3v) is 4.51. The first-order valence-electron chi connectivity index (χ1n) is 6.76. The molecule has 0 amide bonds. The van der Waals surface area contributed by atoms with Gasteiger partial charge in [0, 0.05) is 30.3 Å². The van der Waals surface area contributed by atoms with Crippen molar-refractivity contribution in [3.8, 4) is 0 Å². The molecular weight excluding hydrogens is 276 g/mol. The van der Waals surface area contributed by atoms with E-state index in [1.54, 1.807) is 6.92 Å². The van der Waals surface area contributed by atoms with Crippen molar-refractivity contribution >= 4 is 5.97 Å². The van der Waals surface area contributed by atoms with Gasteiger partial charge in [-0.2, -0.15) is 0 Å². The second kappa shape index (κ2) is 5.14. The van der Waals surface area contributed by atoms with Gasteiger partial charge >= 0.3 is 11.7 Å². The molecule has 0 radical (unpaired) electrons. The van der Waals surface area contributed by atoms with Crippen molar-refractivity contribution in [3.05, 3.63) is 32.6 Å². The van der Waals surface area contributed by atoms with Crippen LogP contribution in [0.1, 0.15) is 25.5 Å². The molecule has 1 aromatic heterocycles. The fourth-order valence-corrected chi connectivity index (χ4v) is 3.52. The molecule has 0 spiro atoms. The molecule has 116 valence electrons. The zero-order chi connectivity index (χ0) is 15.9. The number of H-pyrrole nitrogens is 1. The number of aliphatic hydroxyl groups is 1. The number of aliphatic hydroxyl groups excluding tert-OH is 1. The molecule has 2 N–H and O–H groups in total. The van der Waals surface area contributed by atoms with E-state index in [1.807, 2.05) is 13.8 Å². The highest BCUT2D eigenvalue weighted by molar-refractivity contribution is 5.75. The first-order valence-corrected chi connectivity index (χ1v) is 6.76. The Bertz CT molecular complexity index is 673. The maximum Gasteiger partial charge on any atom is 0.328 e. The number of ether oxygens (including phenoxy) is 1. The second-order valence-corrected chi connectivity index (χ2v) is 6.09. The molecule has 0 bridgehead atoms. The second-order valence-electron chi connectivity index (χ2n) is 6.09. The summed E-state index contributed by atoms with van der Waals surface area (Å²) >= 11 is 0. The molecule has 7 heteroatoms. The number of aromatic amines is 1. The van der Waals surface area contributed by atoms with Gasteiger partial charge in [-0.15, -0.1) is 0 Å². The lowest BCUT2D eigenvalue weighted by Gasteiger charge is -2.56. The van der Waals surface area contributed by atoms with E-state index in [4.69, 9.17) is 4.74 Å². The van der Waals surface area contributed by atoms with E-state index in [0.717, 1.165) is 0 Å². The lowest BCUT2D eigenvalue weighted by Crippen LogP contribution is -2.61. The van der Waals surface area contributed by atoms with Crippen LogP contribution in [0.4, 0.5) is 0 Å². The molecule has 0 aliphatic heterocycles. The molecular formula is C14H20N2O5. The summed E-state index contributed by atoms with van der Waals surface area (Å²) < 4.78 is 6.18. The van der Waals surface area contributed by atoms with Gasteiger partial charge in [0.25, 0.3) is 5.56 Å². The van der Waals surface area contributed by atoms with Gasteiger partial charge in [-0.1, -0.05) is 13.8 Å². The number of nitrogens with zero attached hydrogens (tertiary/aromatic N) is 1. The Morgan fingerprint density at radius 3 is 2.62 bits per heavy atom. The van der Waals surface area contributed by atoms with E-state index in [0.29, 0.717) is 5.56 Å². The minimum Gasteiger partial charge on any atom is -0.469 e. The van der Waals surface area contributed by atoms with E-state index in [9.17, 15) is 19.5 Å². The highest BCUT2D eigenvalue weighted by Gasteiger charge is 2.61. The average Bonchev–Trinajstić information content (AvgIpc) is 2.41. The number of hydrogen-bond acceptors (Lipinski definition) is 5. The van der Waals surface area contributed by atoms with E-state index in [1.165, 1.54) is 17.9 Å². The van der Waals surface area contributed by atoms with Gasteiger partial charge in [0.15, 0.2) is 0 Å². The Morgan fingerprint density at radius 2 is 2.10 bits per heavy atom. The number of carbonyl (C=O) groups excluding carboxylic acids is 1. The first kappa shape index (κ1) is 15.5. The number of aryl methyl sites for hydroxylation is 1. The van der Waals surface area contributed by atoms with Crippen molar-refractivity contribution < 1.29 is 14.6 Å². The number of hydrogen-bond donors (Lipinski definition) is 2. The Hall–Kier alpha value is -1.89. The van der Waals surface area contributed by atoms with Crippen molar-refractivity contribution in [1.29, 1.82) is 0 Å². The first-order chi connectivity index (χ1) is 9.75. The standard InChI is InChI=1S/C14H20N2O5/c1-7-5-16(13(20)15-11(7)18)10-8(6-17)9(12(19)21-4)14(10,2)3/h5,8-10,17H,6H2,1-4H3,(H,15,18,20). The van der Waals surface area contributed by atoms with Crippen LogP contribution in [-0.4, -0.2) is 34.3 Å². The minimum atomic E-state index is -0.561. The number of esters is 1. The van der Waals surface area contributed by atoms with Gasteiger partial charge in [0.05, 0.1) is 13.0 Å². The van der Waals surface area contributed by atoms with Crippen molar-refractivity contribution in [1.82, 2.24) is 9.55 Å².